The van der Waals surface area contributed by atoms with E-state index in [-0.39, 0.29) is 17.5 Å². The summed E-state index contributed by atoms with van der Waals surface area (Å²) in [6.45, 7) is 11.6. The topological polar surface area (TPSA) is 44.5 Å². The van der Waals surface area contributed by atoms with Gasteiger partial charge >= 0.3 is 0 Å². The molecule has 0 saturated carbocycles. The van der Waals surface area contributed by atoms with Gasteiger partial charge in [0.2, 0.25) is 17.2 Å². The second kappa shape index (κ2) is 12.6. The number of halogens is 1. The maximum absolute atomic E-state index is 14.1. The van der Waals surface area contributed by atoms with Crippen LogP contribution in [0.1, 0.15) is 49.7 Å². The molecule has 1 atom stereocenters. The first-order chi connectivity index (χ1) is 18.8. The van der Waals surface area contributed by atoms with Crippen LogP contribution in [0.3, 0.4) is 0 Å². The Balaban J connectivity index is 1.78. The fourth-order valence-electron chi connectivity index (χ4n) is 5.43. The summed E-state index contributed by atoms with van der Waals surface area (Å²) in [6.07, 6.45) is 7.71. The molecule has 0 aliphatic carbocycles. The lowest BCUT2D eigenvalue weighted by Gasteiger charge is -2.22. The molecule has 4 rings (SSSR count). The van der Waals surface area contributed by atoms with Crippen LogP contribution in [0.15, 0.2) is 61.1 Å². The molecule has 0 fully saturated rings. The molecule has 0 aliphatic rings. The van der Waals surface area contributed by atoms with Crippen LogP contribution < -0.4 is 14.5 Å². The van der Waals surface area contributed by atoms with E-state index in [4.69, 9.17) is 0 Å². The Kier molecular flexibility index (Phi) is 9.25. The lowest BCUT2D eigenvalue weighted by Crippen LogP contribution is -2.35. The average molecular weight is 532 g/mol. The third-order valence-corrected chi connectivity index (χ3v) is 7.76. The van der Waals surface area contributed by atoms with E-state index >= 15 is 0 Å². The molecule has 3 heterocycles. The van der Waals surface area contributed by atoms with Gasteiger partial charge in [-0.2, -0.15) is 8.97 Å². The Labute approximate surface area is 231 Å². The normalized spacial score (nSPS) is 12.4. The number of ketones is 1. The van der Waals surface area contributed by atoms with Crippen molar-refractivity contribution in [3.63, 3.8) is 0 Å². The minimum atomic E-state index is -0.206. The van der Waals surface area contributed by atoms with Crippen LogP contribution >= 0.6 is 0 Å². The predicted octanol–water partition coefficient (Wildman–Crippen LogP) is 4.95. The monoisotopic (exact) mass is 531 g/mol. The number of nitrogens with one attached hydrogen (secondary N) is 1. The van der Waals surface area contributed by atoms with Crippen molar-refractivity contribution >= 4 is 11.4 Å². The van der Waals surface area contributed by atoms with Crippen LogP contribution in [0.2, 0.25) is 0 Å². The maximum atomic E-state index is 14.1. The van der Waals surface area contributed by atoms with Gasteiger partial charge in [0.15, 0.2) is 6.20 Å². The van der Waals surface area contributed by atoms with Crippen LogP contribution in [-0.4, -0.2) is 41.9 Å². The largest absolute Gasteiger partial charge is 0.307 e. The van der Waals surface area contributed by atoms with Gasteiger partial charge in [-0.25, -0.2) is 8.96 Å². The Morgan fingerprint density at radius 3 is 2.56 bits per heavy atom. The van der Waals surface area contributed by atoms with Crippen LogP contribution in [0.4, 0.5) is 4.39 Å². The summed E-state index contributed by atoms with van der Waals surface area (Å²) in [5, 5.41) is 3.21. The highest BCUT2D eigenvalue weighted by Crippen LogP contribution is 2.31. The Hall–Kier alpha value is -3.42. The lowest BCUT2D eigenvalue weighted by atomic mass is 9.95. The highest BCUT2D eigenvalue weighted by Gasteiger charge is 2.28. The zero-order valence-electron chi connectivity index (χ0n) is 24.2. The number of carbonyl (C=O) groups excluding carboxylic acids is 1. The molecule has 3 aromatic heterocycles. The van der Waals surface area contributed by atoms with Crippen molar-refractivity contribution in [1.82, 2.24) is 14.6 Å². The number of fused-ring (bicyclic) bond motifs is 1. The number of hydrogen-bond acceptors (Lipinski definition) is 3. The Morgan fingerprint density at radius 1 is 1.13 bits per heavy atom. The highest BCUT2D eigenvalue weighted by molar-refractivity contribution is 5.96. The smallest absolute Gasteiger partial charge is 0.286 e. The van der Waals surface area contributed by atoms with E-state index in [2.05, 4.69) is 66.1 Å². The van der Waals surface area contributed by atoms with Crippen LogP contribution in [0.25, 0.3) is 28.0 Å². The van der Waals surface area contributed by atoms with Crippen molar-refractivity contribution in [3.05, 3.63) is 78.1 Å². The van der Waals surface area contributed by atoms with Gasteiger partial charge in [-0.05, 0) is 76.2 Å². The molecule has 1 aromatic carbocycles. The Bertz CT molecular complexity index is 1460. The van der Waals surface area contributed by atoms with Crippen molar-refractivity contribution < 1.29 is 18.3 Å². The molecule has 206 valence electrons. The molecule has 1 N–H and O–H groups in total. The molecule has 6 nitrogen and oxygen atoms in total. The van der Waals surface area contributed by atoms with Crippen molar-refractivity contribution in [3.8, 4) is 22.4 Å². The number of nitrogens with zero attached hydrogens (tertiary/aromatic N) is 4. The fraction of sp³-hybridized carbons (Fsp3) is 0.406. The predicted molar refractivity (Wildman–Crippen MR) is 154 cm³/mol. The number of carbonyl (C=O) groups is 1. The van der Waals surface area contributed by atoms with Crippen molar-refractivity contribution in [2.24, 2.45) is 13.0 Å². The van der Waals surface area contributed by atoms with Crippen LogP contribution in [-0.2, 0) is 13.6 Å². The zero-order valence-corrected chi connectivity index (χ0v) is 24.2. The molecule has 0 bridgehead atoms. The highest BCUT2D eigenvalue weighted by atomic mass is 19.1. The summed E-state index contributed by atoms with van der Waals surface area (Å²) in [4.78, 5) is 16.2. The molecule has 0 radical (unpaired) electrons. The molecule has 0 saturated heterocycles. The number of benzene rings is 1. The summed E-state index contributed by atoms with van der Waals surface area (Å²) in [7, 11) is 3.94. The second-order valence-corrected chi connectivity index (χ2v) is 10.3. The van der Waals surface area contributed by atoms with Gasteiger partial charge < -0.3 is 5.32 Å². The standard InChI is InChI=1S/C32H42FN5O/c1-7-24(16-18-36(8-2)22-34-5)32(39)29-21-35(6)30-15-13-26(20-38(29)30)27-11-10-17-37(9-3)31(27)25-12-14-28(33)23(4)19-25/h10-15,17,19-21,24,34H,7-9,16,18,22H2,1-6H3/q+2. The van der Waals surface area contributed by atoms with Gasteiger partial charge in [0.1, 0.15) is 24.8 Å². The number of rotatable bonds is 12. The van der Waals surface area contributed by atoms with E-state index in [1.54, 1.807) is 6.92 Å². The summed E-state index contributed by atoms with van der Waals surface area (Å²) < 4.78 is 20.4. The molecule has 7 heteroatoms. The maximum Gasteiger partial charge on any atom is 0.286 e. The molecule has 0 amide bonds. The number of aryl methyl sites for hydroxylation is 3. The zero-order chi connectivity index (χ0) is 28.1. The van der Waals surface area contributed by atoms with Gasteiger partial charge in [0.05, 0.1) is 12.6 Å². The summed E-state index contributed by atoms with van der Waals surface area (Å²) in [5.74, 6) is -0.0756. The van der Waals surface area contributed by atoms with Crippen molar-refractivity contribution in [1.29, 1.82) is 0 Å². The van der Waals surface area contributed by atoms with Crippen molar-refractivity contribution in [2.75, 3.05) is 26.8 Å². The average Bonchev–Trinajstić information content (AvgIpc) is 3.29. The van der Waals surface area contributed by atoms with E-state index in [1.165, 1.54) is 6.07 Å². The summed E-state index contributed by atoms with van der Waals surface area (Å²) >= 11 is 0. The van der Waals surface area contributed by atoms with E-state index < -0.39 is 0 Å². The Morgan fingerprint density at radius 2 is 1.90 bits per heavy atom. The van der Waals surface area contributed by atoms with E-state index in [0.717, 1.165) is 67.2 Å². The van der Waals surface area contributed by atoms with E-state index in [1.807, 2.05) is 47.5 Å². The third-order valence-electron chi connectivity index (χ3n) is 7.76. The molecular weight excluding hydrogens is 489 g/mol. The first kappa shape index (κ1) is 28.6. The molecular formula is C32H42FN5O+2. The fourth-order valence-corrected chi connectivity index (χ4v) is 5.43. The quantitative estimate of drug-likeness (QED) is 0.160. The second-order valence-electron chi connectivity index (χ2n) is 10.3. The minimum absolute atomic E-state index is 0.0469. The number of hydrogen-bond donors (Lipinski definition) is 1. The van der Waals surface area contributed by atoms with Gasteiger partial charge in [0, 0.05) is 42.4 Å². The molecule has 0 aliphatic heterocycles. The van der Waals surface area contributed by atoms with Crippen LogP contribution in [0.5, 0.6) is 0 Å². The number of imidazole rings is 1. The summed E-state index contributed by atoms with van der Waals surface area (Å²) in [6, 6.07) is 13.6. The number of aromatic nitrogens is 3. The number of pyridine rings is 2. The SMILES string of the molecule is CCC(CCN(CC)CNC)C(=O)c1c[n+](C)c2ccc(-c3ccc[n+](CC)c3-c3ccc(F)c(C)c3)cn12. The van der Waals surface area contributed by atoms with Gasteiger partial charge in [-0.15, -0.1) is 0 Å². The third kappa shape index (κ3) is 5.94. The van der Waals surface area contributed by atoms with Crippen LogP contribution in [0, 0.1) is 18.7 Å². The van der Waals surface area contributed by atoms with Gasteiger partial charge in [-0.1, -0.05) is 13.8 Å². The van der Waals surface area contributed by atoms with Gasteiger partial charge in [0.25, 0.3) is 5.65 Å². The molecule has 0 spiro atoms. The van der Waals surface area contributed by atoms with Crippen molar-refractivity contribution in [2.45, 2.75) is 47.1 Å². The molecule has 1 unspecified atom stereocenters. The molecule has 39 heavy (non-hydrogen) atoms. The first-order valence-electron chi connectivity index (χ1n) is 14.0. The number of Topliss-reactive ketones (excluding diaryl/α,β-unsaturated/α-hetero) is 1. The van der Waals surface area contributed by atoms with E-state index in [0.29, 0.717) is 11.3 Å². The first-order valence-corrected chi connectivity index (χ1v) is 14.0. The van der Waals surface area contributed by atoms with Gasteiger partial charge in [-0.3, -0.25) is 9.69 Å². The molecule has 4 aromatic rings. The summed E-state index contributed by atoms with van der Waals surface area (Å²) in [5.41, 5.74) is 6.33. The van der Waals surface area contributed by atoms with E-state index in [9.17, 15) is 9.18 Å². The lowest BCUT2D eigenvalue weighted by molar-refractivity contribution is -0.682. The minimum Gasteiger partial charge on any atom is -0.307 e.